The number of carbonyl (C=O) groups excluding carboxylic acids is 2. The molecule has 3 unspecified atom stereocenters. The quantitative estimate of drug-likeness (QED) is 0.646. The van der Waals surface area contributed by atoms with Crippen molar-refractivity contribution in [1.82, 2.24) is 4.90 Å². The highest BCUT2D eigenvalue weighted by Crippen LogP contribution is 2.25. The van der Waals surface area contributed by atoms with Crippen molar-refractivity contribution in [3.63, 3.8) is 0 Å². The number of amides is 2. The molecule has 1 heterocycles. The molecule has 1 saturated heterocycles. The molecule has 2 amide bonds. The Kier molecular flexibility index (Phi) is 3.82. The number of imide groups is 1. The first-order chi connectivity index (χ1) is 6.99. The lowest BCUT2D eigenvalue weighted by molar-refractivity contribution is -0.140. The summed E-state index contributed by atoms with van der Waals surface area (Å²) in [7, 11) is 1.54. The van der Waals surface area contributed by atoms with E-state index in [-0.39, 0.29) is 36.2 Å². The minimum atomic E-state index is -0.305. The van der Waals surface area contributed by atoms with E-state index in [2.05, 4.69) is 0 Å². The van der Waals surface area contributed by atoms with E-state index in [4.69, 9.17) is 10.5 Å². The van der Waals surface area contributed by atoms with Gasteiger partial charge in [-0.15, -0.1) is 0 Å². The topological polar surface area (TPSA) is 72.6 Å². The van der Waals surface area contributed by atoms with Gasteiger partial charge in [0.2, 0.25) is 11.8 Å². The molecule has 0 radical (unpaired) electrons. The number of ether oxygens (including phenoxy) is 1. The van der Waals surface area contributed by atoms with E-state index in [0.29, 0.717) is 6.61 Å². The Hall–Kier alpha value is -0.940. The van der Waals surface area contributed by atoms with Crippen molar-refractivity contribution in [2.24, 2.45) is 17.6 Å². The van der Waals surface area contributed by atoms with E-state index in [1.807, 2.05) is 0 Å². The highest BCUT2D eigenvalue weighted by molar-refractivity contribution is 6.04. The van der Waals surface area contributed by atoms with Crippen LogP contribution >= 0.6 is 0 Å². The molecule has 0 aromatic carbocycles. The van der Waals surface area contributed by atoms with Crippen molar-refractivity contribution in [1.29, 1.82) is 0 Å². The second kappa shape index (κ2) is 4.72. The van der Waals surface area contributed by atoms with E-state index < -0.39 is 0 Å². The van der Waals surface area contributed by atoms with E-state index in [1.165, 1.54) is 4.90 Å². The number of rotatable bonds is 4. The summed E-state index contributed by atoms with van der Waals surface area (Å²) in [6, 6.07) is -0.305. The molecule has 0 aliphatic carbocycles. The fourth-order valence-corrected chi connectivity index (χ4v) is 1.71. The number of carbonyl (C=O) groups is 2. The van der Waals surface area contributed by atoms with Crippen LogP contribution in [-0.4, -0.2) is 43.0 Å². The first-order valence-electron chi connectivity index (χ1n) is 5.08. The monoisotopic (exact) mass is 214 g/mol. The summed E-state index contributed by atoms with van der Waals surface area (Å²) in [6.07, 6.45) is 0. The molecule has 0 aromatic rings. The molecule has 0 bridgehead atoms. The minimum absolute atomic E-state index is 0.126. The summed E-state index contributed by atoms with van der Waals surface area (Å²) in [5.41, 5.74) is 5.71. The summed E-state index contributed by atoms with van der Waals surface area (Å²) in [5.74, 6) is -0.711. The van der Waals surface area contributed by atoms with E-state index in [1.54, 1.807) is 21.0 Å². The van der Waals surface area contributed by atoms with Gasteiger partial charge in [0.25, 0.3) is 0 Å². The summed E-state index contributed by atoms with van der Waals surface area (Å²) >= 11 is 0. The van der Waals surface area contributed by atoms with Crippen molar-refractivity contribution in [2.45, 2.75) is 19.9 Å². The maximum Gasteiger partial charge on any atom is 0.232 e. The lowest BCUT2D eigenvalue weighted by atomic mass is 10.00. The molecule has 0 aromatic heterocycles. The summed E-state index contributed by atoms with van der Waals surface area (Å²) in [4.78, 5) is 24.6. The van der Waals surface area contributed by atoms with Crippen LogP contribution in [0.25, 0.3) is 0 Å². The molecule has 1 aliphatic rings. The number of nitrogens with zero attached hydrogens (tertiary/aromatic N) is 1. The molecule has 1 aliphatic heterocycles. The Labute approximate surface area is 89.6 Å². The molecule has 3 atom stereocenters. The van der Waals surface area contributed by atoms with Crippen molar-refractivity contribution in [3.8, 4) is 0 Å². The molecule has 1 fully saturated rings. The number of hydrogen-bond donors (Lipinski definition) is 1. The Morgan fingerprint density at radius 1 is 1.33 bits per heavy atom. The fraction of sp³-hybridized carbons (Fsp3) is 0.800. The summed E-state index contributed by atoms with van der Waals surface area (Å²) in [6.45, 7) is 4.14. The van der Waals surface area contributed by atoms with Crippen LogP contribution in [0.5, 0.6) is 0 Å². The lowest BCUT2D eigenvalue weighted by Gasteiger charge is -2.18. The van der Waals surface area contributed by atoms with Gasteiger partial charge < -0.3 is 10.5 Å². The van der Waals surface area contributed by atoms with Crippen molar-refractivity contribution in [3.05, 3.63) is 0 Å². The molecular weight excluding hydrogens is 196 g/mol. The van der Waals surface area contributed by atoms with Crippen LogP contribution in [0.4, 0.5) is 0 Å². The number of likely N-dealkylation sites (tertiary alicyclic amines) is 1. The highest BCUT2D eigenvalue weighted by atomic mass is 16.5. The largest absolute Gasteiger partial charge is 0.383 e. The minimum Gasteiger partial charge on any atom is -0.383 e. The zero-order chi connectivity index (χ0) is 11.6. The molecule has 5 heteroatoms. The average Bonchev–Trinajstić information content (AvgIpc) is 2.36. The molecule has 5 nitrogen and oxygen atoms in total. The first kappa shape index (κ1) is 12.1. The van der Waals surface area contributed by atoms with Crippen LogP contribution < -0.4 is 5.73 Å². The second-order valence-corrected chi connectivity index (χ2v) is 4.08. The van der Waals surface area contributed by atoms with Gasteiger partial charge in [-0.2, -0.15) is 0 Å². The summed E-state index contributed by atoms with van der Waals surface area (Å²) < 4.78 is 4.86. The number of hydrogen-bond acceptors (Lipinski definition) is 4. The van der Waals surface area contributed by atoms with Gasteiger partial charge in [-0.25, -0.2) is 0 Å². The molecule has 0 saturated carbocycles. The van der Waals surface area contributed by atoms with Crippen molar-refractivity contribution < 1.29 is 14.3 Å². The van der Waals surface area contributed by atoms with Gasteiger partial charge in [0.15, 0.2) is 0 Å². The molecule has 2 N–H and O–H groups in total. The zero-order valence-corrected chi connectivity index (χ0v) is 9.40. The van der Waals surface area contributed by atoms with E-state index >= 15 is 0 Å². The van der Waals surface area contributed by atoms with Crippen LogP contribution in [0, 0.1) is 11.8 Å². The van der Waals surface area contributed by atoms with Crippen LogP contribution in [0.1, 0.15) is 13.8 Å². The SMILES string of the molecule is COCC(N)CN1C(=O)C(C)C(C)C1=O. The Morgan fingerprint density at radius 3 is 2.20 bits per heavy atom. The van der Waals surface area contributed by atoms with Crippen molar-refractivity contribution in [2.75, 3.05) is 20.3 Å². The highest BCUT2D eigenvalue weighted by Gasteiger charge is 2.42. The smallest absolute Gasteiger partial charge is 0.232 e. The molecule has 86 valence electrons. The van der Waals surface area contributed by atoms with Gasteiger partial charge in [0, 0.05) is 31.5 Å². The van der Waals surface area contributed by atoms with Gasteiger partial charge >= 0.3 is 0 Å². The van der Waals surface area contributed by atoms with E-state index in [9.17, 15) is 9.59 Å². The van der Waals surface area contributed by atoms with Gasteiger partial charge in [0.05, 0.1) is 6.61 Å². The third-order valence-corrected chi connectivity index (χ3v) is 2.86. The maximum atomic E-state index is 11.7. The third-order valence-electron chi connectivity index (χ3n) is 2.86. The molecular formula is C10H18N2O3. The third kappa shape index (κ3) is 2.35. The predicted octanol–water partition coefficient (Wildman–Crippen LogP) is -0.399. The zero-order valence-electron chi connectivity index (χ0n) is 9.40. The van der Waals surface area contributed by atoms with Crippen LogP contribution in [-0.2, 0) is 14.3 Å². The van der Waals surface area contributed by atoms with Crippen LogP contribution in [0.15, 0.2) is 0 Å². The van der Waals surface area contributed by atoms with Crippen LogP contribution in [0.2, 0.25) is 0 Å². The molecule has 0 spiro atoms. The van der Waals surface area contributed by atoms with Crippen LogP contribution in [0.3, 0.4) is 0 Å². The Morgan fingerprint density at radius 2 is 1.80 bits per heavy atom. The van der Waals surface area contributed by atoms with Gasteiger partial charge in [-0.1, -0.05) is 13.8 Å². The van der Waals surface area contributed by atoms with Gasteiger partial charge in [0.1, 0.15) is 0 Å². The van der Waals surface area contributed by atoms with Crippen molar-refractivity contribution >= 4 is 11.8 Å². The lowest BCUT2D eigenvalue weighted by Crippen LogP contribution is -2.43. The maximum absolute atomic E-state index is 11.7. The fourth-order valence-electron chi connectivity index (χ4n) is 1.71. The van der Waals surface area contributed by atoms with Gasteiger partial charge in [-0.3, -0.25) is 14.5 Å². The number of methoxy groups -OCH3 is 1. The van der Waals surface area contributed by atoms with E-state index in [0.717, 1.165) is 0 Å². The average molecular weight is 214 g/mol. The summed E-state index contributed by atoms with van der Waals surface area (Å²) in [5, 5.41) is 0. The number of nitrogens with two attached hydrogens (primary N) is 1. The molecule has 1 rings (SSSR count). The Balaban J connectivity index is 2.62. The Bertz CT molecular complexity index is 247. The van der Waals surface area contributed by atoms with Gasteiger partial charge in [-0.05, 0) is 0 Å². The second-order valence-electron chi connectivity index (χ2n) is 4.08. The molecule has 15 heavy (non-hydrogen) atoms. The first-order valence-corrected chi connectivity index (χ1v) is 5.08. The predicted molar refractivity (Wildman–Crippen MR) is 54.9 cm³/mol. The normalized spacial score (nSPS) is 28.7. The standard InChI is InChI=1S/C10H18N2O3/c1-6-7(2)10(14)12(9(6)13)4-8(11)5-15-3/h6-8H,4-5,11H2,1-3H3.